The van der Waals surface area contributed by atoms with Crippen molar-refractivity contribution in [2.75, 3.05) is 36.8 Å². The molecule has 0 saturated carbocycles. The van der Waals surface area contributed by atoms with E-state index in [-0.39, 0.29) is 30.8 Å². The average Bonchev–Trinajstić information content (AvgIpc) is 3.25. The average molecular weight is 423 g/mol. The summed E-state index contributed by atoms with van der Waals surface area (Å²) < 4.78 is 0. The number of hydrogen-bond acceptors (Lipinski definition) is 4. The highest BCUT2D eigenvalue weighted by molar-refractivity contribution is 6.02. The third-order valence-electron chi connectivity index (χ3n) is 5.00. The molecule has 8 nitrogen and oxygen atoms in total. The molecule has 2 aromatic carbocycles. The number of hydrogen-bond donors (Lipinski definition) is 3. The summed E-state index contributed by atoms with van der Waals surface area (Å²) in [6.45, 7) is 4.97. The van der Waals surface area contributed by atoms with Crippen LogP contribution in [0.5, 0.6) is 0 Å². The number of hydrazone groups is 1. The molecular weight excluding hydrogens is 394 g/mol. The quantitative estimate of drug-likeness (QED) is 0.595. The predicted molar refractivity (Wildman–Crippen MR) is 120 cm³/mol. The Bertz CT molecular complexity index is 957. The predicted octanol–water partition coefficient (Wildman–Crippen LogP) is 1.12. The van der Waals surface area contributed by atoms with Crippen LogP contribution in [-0.2, 0) is 14.4 Å². The van der Waals surface area contributed by atoms with Crippen LogP contribution >= 0.6 is 0 Å². The number of quaternary nitrogens is 1. The number of carbonyl (C=O) groups is 3. The van der Waals surface area contributed by atoms with E-state index in [4.69, 9.17) is 0 Å². The maximum Gasteiger partial charge on any atom is 0.297 e. The van der Waals surface area contributed by atoms with Gasteiger partial charge in [-0.2, -0.15) is 5.10 Å². The van der Waals surface area contributed by atoms with Gasteiger partial charge in [0, 0.05) is 24.7 Å². The first kappa shape index (κ1) is 22.2. The second kappa shape index (κ2) is 10.5. The van der Waals surface area contributed by atoms with E-state index in [0.29, 0.717) is 24.5 Å². The van der Waals surface area contributed by atoms with E-state index in [1.807, 2.05) is 37.3 Å². The molecule has 0 bridgehead atoms. The Hall–Kier alpha value is -3.52. The third-order valence-corrected chi connectivity index (χ3v) is 5.00. The number of nitrogens with zero attached hydrogens (tertiary/aromatic N) is 2. The molecule has 162 valence electrons. The van der Waals surface area contributed by atoms with Crippen LogP contribution in [0.25, 0.3) is 0 Å². The van der Waals surface area contributed by atoms with Gasteiger partial charge >= 0.3 is 0 Å². The second-order valence-electron chi connectivity index (χ2n) is 7.44. The Labute approximate surface area is 181 Å². The van der Waals surface area contributed by atoms with Crippen molar-refractivity contribution < 1.29 is 19.3 Å². The minimum absolute atomic E-state index is 0.0877. The molecule has 3 N–H and O–H groups in total. The maximum absolute atomic E-state index is 12.7. The fourth-order valence-corrected chi connectivity index (χ4v) is 3.36. The van der Waals surface area contributed by atoms with Gasteiger partial charge in [0.05, 0.1) is 18.8 Å². The van der Waals surface area contributed by atoms with Crippen LogP contribution < -0.4 is 15.5 Å². The van der Waals surface area contributed by atoms with Crippen molar-refractivity contribution in [1.29, 1.82) is 0 Å². The van der Waals surface area contributed by atoms with Gasteiger partial charge in [-0.05, 0) is 36.8 Å². The lowest BCUT2D eigenvalue weighted by Gasteiger charge is -2.19. The van der Waals surface area contributed by atoms with E-state index in [2.05, 4.69) is 15.7 Å². The lowest BCUT2D eigenvalue weighted by atomic mass is 10.1. The van der Waals surface area contributed by atoms with Gasteiger partial charge in [-0.3, -0.25) is 14.4 Å². The lowest BCUT2D eigenvalue weighted by Crippen LogP contribution is -3.13. The standard InChI is InChI=1S/C23H27N5O3/c1-3-27(15-22(30)25-20-11-9-19(10-12-20)24-17(2)29)16-23(31)28-14-13-21(26-28)18-7-5-4-6-8-18/h4-12H,3,13-16H2,1-2H3,(H,24,29)(H,25,30)/p+1. The largest absolute Gasteiger partial charge is 0.326 e. The Morgan fingerprint density at radius 1 is 0.968 bits per heavy atom. The smallest absolute Gasteiger partial charge is 0.297 e. The zero-order valence-electron chi connectivity index (χ0n) is 17.9. The van der Waals surface area contributed by atoms with E-state index in [9.17, 15) is 14.4 Å². The van der Waals surface area contributed by atoms with Gasteiger partial charge in [0.15, 0.2) is 13.1 Å². The maximum atomic E-state index is 12.7. The zero-order valence-corrected chi connectivity index (χ0v) is 17.9. The van der Waals surface area contributed by atoms with E-state index in [1.165, 1.54) is 11.9 Å². The summed E-state index contributed by atoms with van der Waals surface area (Å²) in [5, 5.41) is 11.5. The molecule has 1 aliphatic heterocycles. The molecule has 0 saturated heterocycles. The normalized spacial score (nSPS) is 14.0. The second-order valence-corrected chi connectivity index (χ2v) is 7.44. The Kier molecular flexibility index (Phi) is 7.50. The SMILES string of the molecule is CC[NH+](CC(=O)Nc1ccc(NC(C)=O)cc1)CC(=O)N1CCC(c2ccccc2)=N1. The summed E-state index contributed by atoms with van der Waals surface area (Å²) >= 11 is 0. The molecule has 0 aromatic heterocycles. The third kappa shape index (κ3) is 6.48. The lowest BCUT2D eigenvalue weighted by molar-refractivity contribution is -0.882. The first-order valence-electron chi connectivity index (χ1n) is 10.4. The van der Waals surface area contributed by atoms with Crippen LogP contribution in [0.4, 0.5) is 11.4 Å². The molecule has 2 aromatic rings. The van der Waals surface area contributed by atoms with Crippen molar-refractivity contribution in [3.63, 3.8) is 0 Å². The van der Waals surface area contributed by atoms with Gasteiger partial charge in [0.25, 0.3) is 11.8 Å². The number of carbonyl (C=O) groups excluding carboxylic acids is 3. The van der Waals surface area contributed by atoms with Gasteiger partial charge in [0.2, 0.25) is 5.91 Å². The topological polar surface area (TPSA) is 95.3 Å². The first-order valence-corrected chi connectivity index (χ1v) is 10.4. The molecule has 0 radical (unpaired) electrons. The molecule has 31 heavy (non-hydrogen) atoms. The van der Waals surface area contributed by atoms with Crippen molar-refractivity contribution in [2.24, 2.45) is 5.10 Å². The summed E-state index contributed by atoms with van der Waals surface area (Å²) in [5.41, 5.74) is 3.24. The molecule has 8 heteroatoms. The van der Waals surface area contributed by atoms with Crippen LogP contribution in [0, 0.1) is 0 Å². The molecule has 3 rings (SSSR count). The van der Waals surface area contributed by atoms with Crippen LogP contribution in [0.3, 0.4) is 0 Å². The molecule has 1 unspecified atom stereocenters. The molecule has 3 amide bonds. The van der Waals surface area contributed by atoms with Crippen molar-refractivity contribution in [3.05, 3.63) is 60.2 Å². The van der Waals surface area contributed by atoms with Gasteiger partial charge in [-0.1, -0.05) is 30.3 Å². The summed E-state index contributed by atoms with van der Waals surface area (Å²) in [6.07, 6.45) is 0.728. The number of rotatable bonds is 8. The molecule has 0 spiro atoms. The van der Waals surface area contributed by atoms with Gasteiger partial charge in [-0.25, -0.2) is 5.01 Å². The fourth-order valence-electron chi connectivity index (χ4n) is 3.36. The number of likely N-dealkylation sites (N-methyl/N-ethyl adjacent to an activating group) is 1. The summed E-state index contributed by atoms with van der Waals surface area (Å²) in [4.78, 5) is 37.1. The van der Waals surface area contributed by atoms with E-state index >= 15 is 0 Å². The summed E-state index contributed by atoms with van der Waals surface area (Å²) in [6, 6.07) is 16.7. The van der Waals surface area contributed by atoms with Crippen molar-refractivity contribution in [2.45, 2.75) is 20.3 Å². The molecular formula is C23H28N5O3+. The minimum atomic E-state index is -0.174. The highest BCUT2D eigenvalue weighted by Gasteiger charge is 2.25. The summed E-state index contributed by atoms with van der Waals surface area (Å²) in [5.74, 6) is -0.413. The van der Waals surface area contributed by atoms with Crippen molar-refractivity contribution in [3.8, 4) is 0 Å². The molecule has 1 aliphatic rings. The highest BCUT2D eigenvalue weighted by Crippen LogP contribution is 2.14. The monoisotopic (exact) mass is 422 g/mol. The first-order chi connectivity index (χ1) is 14.9. The molecule has 0 aliphatic carbocycles. The Morgan fingerprint density at radius 2 is 1.61 bits per heavy atom. The van der Waals surface area contributed by atoms with Crippen LogP contribution in [0.1, 0.15) is 25.8 Å². The Balaban J connectivity index is 1.51. The van der Waals surface area contributed by atoms with Gasteiger partial charge < -0.3 is 15.5 Å². The number of anilines is 2. The number of nitrogens with one attached hydrogen (secondary N) is 3. The van der Waals surface area contributed by atoms with Gasteiger partial charge in [0.1, 0.15) is 0 Å². The van der Waals surface area contributed by atoms with Crippen molar-refractivity contribution in [1.82, 2.24) is 5.01 Å². The molecule has 0 fully saturated rings. The summed E-state index contributed by atoms with van der Waals surface area (Å²) in [7, 11) is 0. The van der Waals surface area contributed by atoms with E-state index in [0.717, 1.165) is 22.6 Å². The van der Waals surface area contributed by atoms with Crippen molar-refractivity contribution >= 4 is 34.8 Å². The van der Waals surface area contributed by atoms with E-state index in [1.54, 1.807) is 24.3 Å². The highest BCUT2D eigenvalue weighted by atomic mass is 16.2. The molecule has 1 atom stereocenters. The Morgan fingerprint density at radius 3 is 2.23 bits per heavy atom. The minimum Gasteiger partial charge on any atom is -0.326 e. The van der Waals surface area contributed by atoms with Gasteiger partial charge in [-0.15, -0.1) is 0 Å². The van der Waals surface area contributed by atoms with E-state index < -0.39 is 0 Å². The molecule has 1 heterocycles. The number of amides is 3. The van der Waals surface area contributed by atoms with Crippen LogP contribution in [0.15, 0.2) is 59.7 Å². The zero-order chi connectivity index (χ0) is 22.2. The fraction of sp³-hybridized carbons (Fsp3) is 0.304. The number of benzene rings is 2. The van der Waals surface area contributed by atoms with Crippen LogP contribution in [0.2, 0.25) is 0 Å². The van der Waals surface area contributed by atoms with Crippen LogP contribution in [-0.4, -0.2) is 54.6 Å².